The van der Waals surface area contributed by atoms with Gasteiger partial charge in [-0.15, -0.1) is 0 Å². The average Bonchev–Trinajstić information content (AvgIpc) is 2.74. The second-order valence-corrected chi connectivity index (χ2v) is 7.66. The predicted molar refractivity (Wildman–Crippen MR) is 98.4 cm³/mol. The molecular formula is C14H15IN2O2S2. The van der Waals surface area contributed by atoms with Crippen molar-refractivity contribution in [2.45, 2.75) is 25.0 Å². The monoisotopic (exact) mass is 434 g/mol. The number of nitrogens with one attached hydrogen (secondary N) is 1. The molecule has 7 heteroatoms. The van der Waals surface area contributed by atoms with Crippen LogP contribution in [0.15, 0.2) is 24.3 Å². The fourth-order valence-electron chi connectivity index (χ4n) is 1.93. The van der Waals surface area contributed by atoms with Crippen LogP contribution in [0.1, 0.15) is 19.8 Å². The summed E-state index contributed by atoms with van der Waals surface area (Å²) in [5.74, 6) is -0.0914. The second-order valence-electron chi connectivity index (χ2n) is 4.58. The molecule has 2 amide bonds. The fraction of sp³-hybridized carbons (Fsp3) is 0.357. The molecule has 0 saturated carbocycles. The number of hydrogen-bond donors (Lipinski definition) is 1. The van der Waals surface area contributed by atoms with E-state index >= 15 is 0 Å². The zero-order valence-corrected chi connectivity index (χ0v) is 15.3. The van der Waals surface area contributed by atoms with Gasteiger partial charge in [0.1, 0.15) is 4.32 Å². The first-order valence-corrected chi connectivity index (χ1v) is 8.95. The molecule has 112 valence electrons. The van der Waals surface area contributed by atoms with Crippen molar-refractivity contribution < 1.29 is 9.59 Å². The topological polar surface area (TPSA) is 49.4 Å². The minimum absolute atomic E-state index is 0.0227. The lowest BCUT2D eigenvalue weighted by Crippen LogP contribution is -2.33. The maximum Gasteiger partial charge on any atom is 0.241 e. The van der Waals surface area contributed by atoms with Gasteiger partial charge < -0.3 is 5.32 Å². The lowest BCUT2D eigenvalue weighted by atomic mass is 10.2. The van der Waals surface area contributed by atoms with E-state index in [1.165, 1.54) is 11.8 Å². The Kier molecular flexibility index (Phi) is 6.00. The number of hydrogen-bond acceptors (Lipinski definition) is 4. The van der Waals surface area contributed by atoms with Crippen molar-refractivity contribution in [1.82, 2.24) is 4.90 Å². The maximum absolute atomic E-state index is 12.0. The first-order chi connectivity index (χ1) is 10.0. The smallest absolute Gasteiger partial charge is 0.241 e. The van der Waals surface area contributed by atoms with E-state index < -0.39 is 0 Å². The van der Waals surface area contributed by atoms with Gasteiger partial charge in [0.25, 0.3) is 0 Å². The molecule has 0 spiro atoms. The lowest BCUT2D eigenvalue weighted by Gasteiger charge is -2.15. The summed E-state index contributed by atoms with van der Waals surface area (Å²) in [6.45, 7) is 2.31. The third-order valence-corrected chi connectivity index (χ3v) is 5.54. The van der Waals surface area contributed by atoms with Gasteiger partial charge in [-0.2, -0.15) is 0 Å². The van der Waals surface area contributed by atoms with Crippen molar-refractivity contribution in [3.63, 3.8) is 0 Å². The molecule has 21 heavy (non-hydrogen) atoms. The average molecular weight is 434 g/mol. The molecule has 1 aromatic carbocycles. The zero-order valence-electron chi connectivity index (χ0n) is 11.5. The standard InChI is InChI=1S/C14H15IN2O2S2/c1-2-11-13(19)17(14(20)21-11)8-7-12(18)16-10-5-3-9(15)4-6-10/h3-6,11H,2,7-8H2,1H3,(H,16,18). The molecule has 1 saturated heterocycles. The quantitative estimate of drug-likeness (QED) is 0.571. The van der Waals surface area contributed by atoms with Gasteiger partial charge in [-0.05, 0) is 53.3 Å². The van der Waals surface area contributed by atoms with Crippen LogP contribution in [0.2, 0.25) is 0 Å². The number of nitrogens with zero attached hydrogens (tertiary/aromatic N) is 1. The molecule has 1 atom stereocenters. The molecule has 1 fully saturated rings. The van der Waals surface area contributed by atoms with E-state index in [1.54, 1.807) is 4.90 Å². The van der Waals surface area contributed by atoms with Gasteiger partial charge in [0, 0.05) is 22.2 Å². The van der Waals surface area contributed by atoms with Crippen LogP contribution in [0.5, 0.6) is 0 Å². The van der Waals surface area contributed by atoms with E-state index in [0.717, 1.165) is 15.7 Å². The third-order valence-electron chi connectivity index (χ3n) is 3.07. The summed E-state index contributed by atoms with van der Waals surface area (Å²) in [4.78, 5) is 25.5. The number of anilines is 1. The normalized spacial score (nSPS) is 18.2. The number of carbonyl (C=O) groups is 2. The Labute approximate surface area is 147 Å². The molecule has 1 heterocycles. The van der Waals surface area contributed by atoms with Crippen molar-refractivity contribution in [2.75, 3.05) is 11.9 Å². The maximum atomic E-state index is 12.0. The molecule has 0 aliphatic carbocycles. The molecule has 0 aromatic heterocycles. The van der Waals surface area contributed by atoms with Gasteiger partial charge in [0.15, 0.2) is 0 Å². The first-order valence-electron chi connectivity index (χ1n) is 6.58. The van der Waals surface area contributed by atoms with E-state index in [9.17, 15) is 9.59 Å². The highest BCUT2D eigenvalue weighted by Crippen LogP contribution is 2.29. The van der Waals surface area contributed by atoms with Crippen molar-refractivity contribution >= 4 is 68.4 Å². The van der Waals surface area contributed by atoms with E-state index in [0.29, 0.717) is 10.9 Å². The summed E-state index contributed by atoms with van der Waals surface area (Å²) in [7, 11) is 0. The molecule has 1 unspecified atom stereocenters. The molecule has 0 bridgehead atoms. The molecule has 4 nitrogen and oxygen atoms in total. The van der Waals surface area contributed by atoms with Crippen LogP contribution < -0.4 is 5.32 Å². The Hall–Kier alpha value is -0.670. The number of carbonyl (C=O) groups excluding carboxylic acids is 2. The van der Waals surface area contributed by atoms with Crippen LogP contribution in [0.25, 0.3) is 0 Å². The van der Waals surface area contributed by atoms with Crippen molar-refractivity contribution in [3.05, 3.63) is 27.8 Å². The Morgan fingerprint density at radius 2 is 2.10 bits per heavy atom. The van der Waals surface area contributed by atoms with Gasteiger partial charge in [-0.3, -0.25) is 14.5 Å². The number of halogens is 1. The number of thioether (sulfide) groups is 1. The SMILES string of the molecule is CCC1SC(=S)N(CCC(=O)Nc2ccc(I)cc2)C1=O. The molecule has 1 N–H and O–H groups in total. The van der Waals surface area contributed by atoms with Crippen molar-refractivity contribution in [2.24, 2.45) is 0 Å². The van der Waals surface area contributed by atoms with Gasteiger partial charge >= 0.3 is 0 Å². The molecular weight excluding hydrogens is 419 g/mol. The first kappa shape index (κ1) is 16.7. The third kappa shape index (κ3) is 4.40. The van der Waals surface area contributed by atoms with Crippen LogP contribution in [-0.4, -0.2) is 32.8 Å². The Morgan fingerprint density at radius 3 is 2.67 bits per heavy atom. The fourth-order valence-corrected chi connectivity index (χ4v) is 3.76. The van der Waals surface area contributed by atoms with Crippen molar-refractivity contribution in [3.8, 4) is 0 Å². The van der Waals surface area contributed by atoms with Gasteiger partial charge in [-0.25, -0.2) is 0 Å². The highest BCUT2D eigenvalue weighted by atomic mass is 127. The van der Waals surface area contributed by atoms with Crippen LogP contribution in [0, 0.1) is 3.57 Å². The number of amides is 2. The Morgan fingerprint density at radius 1 is 1.43 bits per heavy atom. The van der Waals surface area contributed by atoms with Gasteiger partial charge in [0.2, 0.25) is 11.8 Å². The van der Waals surface area contributed by atoms with Crippen LogP contribution in [0.3, 0.4) is 0 Å². The predicted octanol–water partition coefficient (Wildman–Crippen LogP) is 3.26. The van der Waals surface area contributed by atoms with E-state index in [-0.39, 0.29) is 23.5 Å². The van der Waals surface area contributed by atoms with E-state index in [4.69, 9.17) is 12.2 Å². The van der Waals surface area contributed by atoms with E-state index in [1.807, 2.05) is 31.2 Å². The summed E-state index contributed by atoms with van der Waals surface area (Å²) in [6.07, 6.45) is 1.00. The van der Waals surface area contributed by atoms with Gasteiger partial charge in [0.05, 0.1) is 5.25 Å². The second kappa shape index (κ2) is 7.55. The highest BCUT2D eigenvalue weighted by molar-refractivity contribution is 14.1. The molecule has 2 rings (SSSR count). The van der Waals surface area contributed by atoms with Crippen LogP contribution >= 0.6 is 46.6 Å². The summed E-state index contributed by atoms with van der Waals surface area (Å²) in [5.41, 5.74) is 0.761. The Balaban J connectivity index is 1.85. The van der Waals surface area contributed by atoms with E-state index in [2.05, 4.69) is 27.9 Å². The van der Waals surface area contributed by atoms with Gasteiger partial charge in [-0.1, -0.05) is 30.9 Å². The largest absolute Gasteiger partial charge is 0.326 e. The highest BCUT2D eigenvalue weighted by Gasteiger charge is 2.35. The number of benzene rings is 1. The summed E-state index contributed by atoms with van der Waals surface area (Å²) in [5, 5.41) is 2.73. The molecule has 1 aromatic rings. The molecule has 0 radical (unpaired) electrons. The summed E-state index contributed by atoms with van der Waals surface area (Å²) in [6, 6.07) is 7.57. The number of thiocarbonyl (C=S) groups is 1. The number of rotatable bonds is 5. The molecule has 1 aliphatic heterocycles. The van der Waals surface area contributed by atoms with Crippen LogP contribution in [-0.2, 0) is 9.59 Å². The summed E-state index contributed by atoms with van der Waals surface area (Å²) >= 11 is 8.82. The molecule has 1 aliphatic rings. The lowest BCUT2D eigenvalue weighted by molar-refractivity contribution is -0.126. The van der Waals surface area contributed by atoms with Crippen LogP contribution in [0.4, 0.5) is 5.69 Å². The summed E-state index contributed by atoms with van der Waals surface area (Å²) < 4.78 is 1.69. The minimum Gasteiger partial charge on any atom is -0.326 e. The Bertz CT molecular complexity index is 563. The minimum atomic E-state index is -0.114. The van der Waals surface area contributed by atoms with Crippen molar-refractivity contribution in [1.29, 1.82) is 0 Å². The zero-order chi connectivity index (χ0) is 15.4.